The van der Waals surface area contributed by atoms with Gasteiger partial charge in [0.25, 0.3) is 0 Å². The number of aromatic nitrogens is 2. The lowest BCUT2D eigenvalue weighted by molar-refractivity contribution is 0.306. The molecule has 4 nitrogen and oxygen atoms in total. The van der Waals surface area contributed by atoms with Crippen LogP contribution in [0.4, 0.5) is 0 Å². The van der Waals surface area contributed by atoms with Crippen molar-refractivity contribution in [3.8, 4) is 0 Å². The minimum Gasteiger partial charge on any atom is -0.337 e. The Kier molecular flexibility index (Phi) is 4.62. The lowest BCUT2D eigenvalue weighted by atomic mass is 10.3. The molecule has 14 heavy (non-hydrogen) atoms. The second-order valence-corrected chi connectivity index (χ2v) is 3.89. The first-order valence-electron chi connectivity index (χ1n) is 5.08. The van der Waals surface area contributed by atoms with Gasteiger partial charge in [0.15, 0.2) is 0 Å². The van der Waals surface area contributed by atoms with Gasteiger partial charge in [-0.25, -0.2) is 4.98 Å². The zero-order valence-electron chi connectivity index (χ0n) is 9.06. The summed E-state index contributed by atoms with van der Waals surface area (Å²) >= 11 is 0. The summed E-state index contributed by atoms with van der Waals surface area (Å²) in [6, 6.07) is 0.258. The summed E-state index contributed by atoms with van der Waals surface area (Å²) < 4.78 is 2.10. The smallest absolute Gasteiger partial charge is 0.0945 e. The lowest BCUT2D eigenvalue weighted by Crippen LogP contribution is -2.33. The van der Waals surface area contributed by atoms with Crippen LogP contribution in [0.2, 0.25) is 0 Å². The van der Waals surface area contributed by atoms with Crippen molar-refractivity contribution < 1.29 is 0 Å². The predicted molar refractivity (Wildman–Crippen MR) is 58.0 cm³/mol. The zero-order valence-corrected chi connectivity index (χ0v) is 9.06. The highest BCUT2D eigenvalue weighted by Gasteiger charge is 2.01. The molecule has 0 spiro atoms. The number of imidazole rings is 1. The van der Waals surface area contributed by atoms with E-state index in [-0.39, 0.29) is 6.04 Å². The molecule has 1 aromatic rings. The number of hydrogen-bond acceptors (Lipinski definition) is 3. The molecule has 4 heteroatoms. The van der Waals surface area contributed by atoms with E-state index in [1.165, 1.54) is 0 Å². The summed E-state index contributed by atoms with van der Waals surface area (Å²) in [4.78, 5) is 6.26. The van der Waals surface area contributed by atoms with Crippen LogP contribution < -0.4 is 5.73 Å². The average molecular weight is 196 g/mol. The highest BCUT2D eigenvalue weighted by Crippen LogP contribution is 1.94. The zero-order chi connectivity index (χ0) is 10.4. The molecule has 80 valence electrons. The molecule has 0 aliphatic heterocycles. The number of hydrogen-bond donors (Lipinski definition) is 1. The maximum atomic E-state index is 5.70. The van der Waals surface area contributed by atoms with Gasteiger partial charge in [0.05, 0.1) is 6.33 Å². The van der Waals surface area contributed by atoms with Crippen molar-refractivity contribution in [1.82, 2.24) is 14.5 Å². The van der Waals surface area contributed by atoms with Crippen LogP contribution >= 0.6 is 0 Å². The van der Waals surface area contributed by atoms with E-state index >= 15 is 0 Å². The Morgan fingerprint density at radius 1 is 1.57 bits per heavy atom. The summed E-state index contributed by atoms with van der Waals surface area (Å²) in [6.07, 6.45) is 6.79. The van der Waals surface area contributed by atoms with Gasteiger partial charge in [0.1, 0.15) is 0 Å². The molecule has 1 aromatic heterocycles. The summed E-state index contributed by atoms with van der Waals surface area (Å²) in [5.74, 6) is 0. The highest BCUT2D eigenvalue weighted by atomic mass is 15.1. The molecule has 0 radical (unpaired) electrons. The van der Waals surface area contributed by atoms with Crippen molar-refractivity contribution in [3.05, 3.63) is 18.7 Å². The van der Waals surface area contributed by atoms with Crippen LogP contribution in [-0.4, -0.2) is 40.6 Å². The fourth-order valence-corrected chi connectivity index (χ4v) is 1.53. The largest absolute Gasteiger partial charge is 0.337 e. The van der Waals surface area contributed by atoms with Crippen LogP contribution in [0.1, 0.15) is 13.3 Å². The molecule has 0 amide bonds. The van der Waals surface area contributed by atoms with Gasteiger partial charge >= 0.3 is 0 Å². The summed E-state index contributed by atoms with van der Waals surface area (Å²) in [7, 11) is 2.11. The van der Waals surface area contributed by atoms with Crippen molar-refractivity contribution >= 4 is 0 Å². The number of nitrogens with two attached hydrogens (primary N) is 1. The molecule has 1 atom stereocenters. The first kappa shape index (κ1) is 11.2. The van der Waals surface area contributed by atoms with Crippen molar-refractivity contribution in [2.45, 2.75) is 25.9 Å². The summed E-state index contributed by atoms with van der Waals surface area (Å²) in [5.41, 5.74) is 5.70. The maximum Gasteiger partial charge on any atom is 0.0945 e. The molecule has 0 bridgehead atoms. The van der Waals surface area contributed by atoms with E-state index in [0.717, 1.165) is 26.1 Å². The second kappa shape index (κ2) is 5.78. The van der Waals surface area contributed by atoms with E-state index in [1.54, 1.807) is 0 Å². The van der Waals surface area contributed by atoms with Gasteiger partial charge in [-0.3, -0.25) is 0 Å². The predicted octanol–water partition coefficient (Wildman–Crippen LogP) is 0.552. The second-order valence-electron chi connectivity index (χ2n) is 3.89. The van der Waals surface area contributed by atoms with Crippen LogP contribution in [-0.2, 0) is 6.54 Å². The van der Waals surface area contributed by atoms with E-state index in [4.69, 9.17) is 5.73 Å². The number of nitrogens with zero attached hydrogens (tertiary/aromatic N) is 3. The molecule has 0 fully saturated rings. The van der Waals surface area contributed by atoms with Gasteiger partial charge in [-0.1, -0.05) is 0 Å². The number of likely N-dealkylation sites (N-methyl/N-ethyl adjacent to an activating group) is 1. The van der Waals surface area contributed by atoms with Gasteiger partial charge < -0.3 is 15.2 Å². The van der Waals surface area contributed by atoms with E-state index in [2.05, 4.69) is 21.5 Å². The van der Waals surface area contributed by atoms with Crippen LogP contribution in [0, 0.1) is 0 Å². The van der Waals surface area contributed by atoms with Gasteiger partial charge in [0.2, 0.25) is 0 Å². The monoisotopic (exact) mass is 196 g/mol. The highest BCUT2D eigenvalue weighted by molar-refractivity contribution is 4.74. The van der Waals surface area contributed by atoms with E-state index in [0.29, 0.717) is 0 Å². The molecular weight excluding hydrogens is 176 g/mol. The Hall–Kier alpha value is -0.870. The quantitative estimate of drug-likeness (QED) is 0.723. The van der Waals surface area contributed by atoms with Crippen molar-refractivity contribution in [3.63, 3.8) is 0 Å². The average Bonchev–Trinajstić information content (AvgIpc) is 2.55. The third-order valence-corrected chi connectivity index (χ3v) is 2.11. The molecule has 1 unspecified atom stereocenters. The van der Waals surface area contributed by atoms with E-state index in [1.807, 2.05) is 25.6 Å². The summed E-state index contributed by atoms with van der Waals surface area (Å²) in [6.45, 7) is 5.11. The maximum absolute atomic E-state index is 5.70. The molecule has 2 N–H and O–H groups in total. The molecule has 0 saturated carbocycles. The molecule has 0 aromatic carbocycles. The molecule has 0 saturated heterocycles. The topological polar surface area (TPSA) is 47.1 Å². The SMILES string of the molecule is CC(N)CN(C)CCCn1ccnc1. The van der Waals surface area contributed by atoms with Crippen molar-refractivity contribution in [1.29, 1.82) is 0 Å². The number of aryl methyl sites for hydroxylation is 1. The minimum atomic E-state index is 0.258. The third kappa shape index (κ3) is 4.39. The van der Waals surface area contributed by atoms with Crippen molar-refractivity contribution in [2.75, 3.05) is 20.1 Å². The standard InChI is InChI=1S/C10H20N4/c1-10(11)8-13(2)5-3-6-14-7-4-12-9-14/h4,7,9-10H,3,5-6,8,11H2,1-2H3. The number of rotatable bonds is 6. The van der Waals surface area contributed by atoms with Gasteiger partial charge in [0, 0.05) is 31.5 Å². The summed E-state index contributed by atoms with van der Waals surface area (Å²) in [5, 5.41) is 0. The first-order chi connectivity index (χ1) is 6.68. The fraction of sp³-hybridized carbons (Fsp3) is 0.700. The van der Waals surface area contributed by atoms with E-state index in [9.17, 15) is 0 Å². The fourth-order valence-electron chi connectivity index (χ4n) is 1.53. The Morgan fingerprint density at radius 2 is 2.36 bits per heavy atom. The molecule has 0 aliphatic carbocycles. The molecular formula is C10H20N4. The van der Waals surface area contributed by atoms with Gasteiger partial charge in [-0.2, -0.15) is 0 Å². The first-order valence-corrected chi connectivity index (χ1v) is 5.08. The lowest BCUT2D eigenvalue weighted by Gasteiger charge is -2.18. The molecule has 0 aliphatic rings. The molecule has 1 rings (SSSR count). The Bertz CT molecular complexity index is 230. The normalized spacial score (nSPS) is 13.4. The minimum absolute atomic E-state index is 0.258. The van der Waals surface area contributed by atoms with Gasteiger partial charge in [-0.05, 0) is 26.9 Å². The third-order valence-electron chi connectivity index (χ3n) is 2.11. The Morgan fingerprint density at radius 3 is 2.93 bits per heavy atom. The van der Waals surface area contributed by atoms with Crippen LogP contribution in [0.3, 0.4) is 0 Å². The molecule has 1 heterocycles. The van der Waals surface area contributed by atoms with Crippen molar-refractivity contribution in [2.24, 2.45) is 5.73 Å². The van der Waals surface area contributed by atoms with Crippen LogP contribution in [0.25, 0.3) is 0 Å². The Balaban J connectivity index is 2.09. The van der Waals surface area contributed by atoms with Crippen LogP contribution in [0.5, 0.6) is 0 Å². The Labute approximate surface area is 85.7 Å². The van der Waals surface area contributed by atoms with Gasteiger partial charge in [-0.15, -0.1) is 0 Å². The van der Waals surface area contributed by atoms with Crippen LogP contribution in [0.15, 0.2) is 18.7 Å². The van der Waals surface area contributed by atoms with E-state index < -0.39 is 0 Å².